The summed E-state index contributed by atoms with van der Waals surface area (Å²) < 4.78 is 5.46. The number of ether oxygens (including phenoxy) is 1. The molecule has 1 saturated heterocycles. The van der Waals surface area contributed by atoms with Gasteiger partial charge in [0.2, 0.25) is 0 Å². The van der Waals surface area contributed by atoms with Gasteiger partial charge in [0.1, 0.15) is 5.82 Å². The summed E-state index contributed by atoms with van der Waals surface area (Å²) in [5.74, 6) is 1.58. The van der Waals surface area contributed by atoms with E-state index in [4.69, 9.17) is 14.7 Å². The third-order valence-electron chi connectivity index (χ3n) is 4.08. The van der Waals surface area contributed by atoms with E-state index >= 15 is 0 Å². The first-order valence-corrected chi connectivity index (χ1v) is 8.67. The van der Waals surface area contributed by atoms with Crippen molar-refractivity contribution < 1.29 is 4.74 Å². The van der Waals surface area contributed by atoms with E-state index in [0.717, 1.165) is 40.8 Å². The van der Waals surface area contributed by atoms with Gasteiger partial charge in [-0.1, -0.05) is 18.2 Å². The number of benzene rings is 1. The van der Waals surface area contributed by atoms with Gasteiger partial charge in [0.25, 0.3) is 0 Å². The van der Waals surface area contributed by atoms with Crippen LogP contribution in [0.2, 0.25) is 0 Å². The molecule has 1 fully saturated rings. The van der Waals surface area contributed by atoms with Gasteiger partial charge in [-0.2, -0.15) is 0 Å². The molecule has 0 unspecified atom stereocenters. The van der Waals surface area contributed by atoms with Gasteiger partial charge in [-0.3, -0.25) is 4.98 Å². The summed E-state index contributed by atoms with van der Waals surface area (Å²) >= 11 is 4.43. The van der Waals surface area contributed by atoms with Crippen LogP contribution >= 0.6 is 12.6 Å². The van der Waals surface area contributed by atoms with Gasteiger partial charge < -0.3 is 9.64 Å². The van der Waals surface area contributed by atoms with Gasteiger partial charge in [-0.25, -0.2) is 9.97 Å². The molecule has 1 aromatic carbocycles. The van der Waals surface area contributed by atoms with E-state index in [1.165, 1.54) is 0 Å². The van der Waals surface area contributed by atoms with Gasteiger partial charge in [0.05, 0.1) is 24.6 Å². The first-order valence-electron chi connectivity index (χ1n) is 8.22. The zero-order valence-electron chi connectivity index (χ0n) is 13.7. The first kappa shape index (κ1) is 16.1. The Labute approximate surface area is 152 Å². The van der Waals surface area contributed by atoms with Gasteiger partial charge >= 0.3 is 0 Å². The van der Waals surface area contributed by atoms with E-state index in [1.807, 2.05) is 48.5 Å². The summed E-state index contributed by atoms with van der Waals surface area (Å²) in [6, 6.07) is 15.7. The molecule has 3 heterocycles. The summed E-state index contributed by atoms with van der Waals surface area (Å²) in [4.78, 5) is 17.1. The lowest BCUT2D eigenvalue weighted by molar-refractivity contribution is 0.122. The molecule has 6 heteroatoms. The Hall–Kier alpha value is -2.44. The molecular weight excluding hydrogens is 332 g/mol. The second kappa shape index (κ2) is 7.21. The van der Waals surface area contributed by atoms with Gasteiger partial charge in [-0.15, -0.1) is 12.6 Å². The molecule has 25 heavy (non-hydrogen) atoms. The van der Waals surface area contributed by atoms with Crippen LogP contribution in [-0.4, -0.2) is 41.3 Å². The Morgan fingerprint density at radius 3 is 2.56 bits per heavy atom. The van der Waals surface area contributed by atoms with Crippen molar-refractivity contribution in [1.82, 2.24) is 15.0 Å². The largest absolute Gasteiger partial charge is 0.378 e. The maximum absolute atomic E-state index is 5.46. The van der Waals surface area contributed by atoms with E-state index in [9.17, 15) is 0 Å². The predicted octanol–water partition coefficient (Wildman–Crippen LogP) is 3.33. The summed E-state index contributed by atoms with van der Waals surface area (Å²) in [6.07, 6.45) is 1.78. The van der Waals surface area contributed by atoms with Crippen molar-refractivity contribution in [3.05, 3.63) is 54.7 Å². The summed E-state index contributed by atoms with van der Waals surface area (Å²) in [6.45, 7) is 3.07. The highest BCUT2D eigenvalue weighted by atomic mass is 32.1. The average molecular weight is 350 g/mol. The van der Waals surface area contributed by atoms with Gasteiger partial charge in [0, 0.05) is 35.8 Å². The van der Waals surface area contributed by atoms with Crippen LogP contribution in [-0.2, 0) is 4.74 Å². The highest BCUT2D eigenvalue weighted by Crippen LogP contribution is 2.26. The van der Waals surface area contributed by atoms with Crippen LogP contribution in [0.15, 0.2) is 59.6 Å². The second-order valence-electron chi connectivity index (χ2n) is 5.80. The monoisotopic (exact) mass is 350 g/mol. The zero-order valence-corrected chi connectivity index (χ0v) is 14.6. The molecule has 2 aromatic heterocycles. The molecule has 0 N–H and O–H groups in total. The molecule has 3 aromatic rings. The molecule has 0 aliphatic carbocycles. The van der Waals surface area contributed by atoms with Crippen molar-refractivity contribution in [3.63, 3.8) is 0 Å². The molecule has 1 aliphatic heterocycles. The molecule has 4 rings (SSSR count). The van der Waals surface area contributed by atoms with Crippen molar-refractivity contribution >= 4 is 18.4 Å². The Bertz CT molecular complexity index is 866. The third-order valence-corrected chi connectivity index (χ3v) is 4.36. The average Bonchev–Trinajstić information content (AvgIpc) is 2.69. The quantitative estimate of drug-likeness (QED) is 0.734. The van der Waals surface area contributed by atoms with Crippen molar-refractivity contribution in [2.75, 3.05) is 31.2 Å². The smallest absolute Gasteiger partial charge is 0.162 e. The van der Waals surface area contributed by atoms with Crippen molar-refractivity contribution in [2.24, 2.45) is 0 Å². The fraction of sp³-hybridized carbons (Fsp3) is 0.211. The minimum atomic E-state index is 0.681. The van der Waals surface area contributed by atoms with Crippen LogP contribution in [0.5, 0.6) is 0 Å². The lowest BCUT2D eigenvalue weighted by Gasteiger charge is -2.28. The lowest BCUT2D eigenvalue weighted by Crippen LogP contribution is -2.36. The second-order valence-corrected chi connectivity index (χ2v) is 6.32. The first-order chi connectivity index (χ1) is 12.3. The summed E-state index contributed by atoms with van der Waals surface area (Å²) in [5, 5.41) is 0. The van der Waals surface area contributed by atoms with Crippen molar-refractivity contribution in [1.29, 1.82) is 0 Å². The van der Waals surface area contributed by atoms with Crippen molar-refractivity contribution in [2.45, 2.75) is 4.90 Å². The molecule has 126 valence electrons. The molecule has 0 atom stereocenters. The Kier molecular flexibility index (Phi) is 4.63. The Morgan fingerprint density at radius 1 is 0.920 bits per heavy atom. The molecule has 0 bridgehead atoms. The third kappa shape index (κ3) is 3.65. The zero-order chi connectivity index (χ0) is 17.1. The SMILES string of the molecule is Sc1cccc(-c2nc(-c3ccccn3)cc(N3CCOCC3)n2)c1. The maximum atomic E-state index is 5.46. The summed E-state index contributed by atoms with van der Waals surface area (Å²) in [7, 11) is 0. The van der Waals surface area contributed by atoms with E-state index in [-0.39, 0.29) is 0 Å². The van der Waals surface area contributed by atoms with Crippen LogP contribution in [0.25, 0.3) is 22.8 Å². The number of nitrogens with zero attached hydrogens (tertiary/aromatic N) is 4. The highest BCUT2D eigenvalue weighted by molar-refractivity contribution is 7.80. The fourth-order valence-corrected chi connectivity index (χ4v) is 3.03. The minimum Gasteiger partial charge on any atom is -0.378 e. The molecule has 0 amide bonds. The fourth-order valence-electron chi connectivity index (χ4n) is 2.81. The predicted molar refractivity (Wildman–Crippen MR) is 101 cm³/mol. The highest BCUT2D eigenvalue weighted by Gasteiger charge is 2.16. The molecule has 0 spiro atoms. The van der Waals surface area contributed by atoms with Gasteiger partial charge in [0.15, 0.2) is 5.82 Å². The van der Waals surface area contributed by atoms with Crippen LogP contribution in [0.4, 0.5) is 5.82 Å². The standard InChI is InChI=1S/C19H18N4OS/c25-15-5-3-4-14(12-15)19-21-17(16-6-1-2-7-20-16)13-18(22-19)23-8-10-24-11-9-23/h1-7,12-13,25H,8-11H2. The van der Waals surface area contributed by atoms with E-state index < -0.39 is 0 Å². The van der Waals surface area contributed by atoms with Crippen molar-refractivity contribution in [3.8, 4) is 22.8 Å². The Balaban J connectivity index is 1.82. The number of rotatable bonds is 3. The van der Waals surface area contributed by atoms with E-state index in [1.54, 1.807) is 6.20 Å². The Morgan fingerprint density at radius 2 is 1.80 bits per heavy atom. The number of hydrogen-bond acceptors (Lipinski definition) is 6. The van der Waals surface area contributed by atoms with Crippen LogP contribution in [0.1, 0.15) is 0 Å². The van der Waals surface area contributed by atoms with E-state index in [0.29, 0.717) is 19.0 Å². The van der Waals surface area contributed by atoms with Gasteiger partial charge in [-0.05, 0) is 24.3 Å². The number of anilines is 1. The number of thiol groups is 1. The molecule has 0 radical (unpaired) electrons. The summed E-state index contributed by atoms with van der Waals surface area (Å²) in [5.41, 5.74) is 2.60. The van der Waals surface area contributed by atoms with Crippen LogP contribution in [0, 0.1) is 0 Å². The molecule has 5 nitrogen and oxygen atoms in total. The van der Waals surface area contributed by atoms with Crippen LogP contribution in [0.3, 0.4) is 0 Å². The normalized spacial score (nSPS) is 14.5. The molecule has 1 aliphatic rings. The maximum Gasteiger partial charge on any atom is 0.162 e. The number of pyridine rings is 1. The molecular formula is C19H18N4OS. The van der Waals surface area contributed by atoms with E-state index in [2.05, 4.69) is 22.5 Å². The number of morpholine rings is 1. The lowest BCUT2D eigenvalue weighted by atomic mass is 10.2. The minimum absolute atomic E-state index is 0.681. The molecule has 0 saturated carbocycles. The van der Waals surface area contributed by atoms with Crippen LogP contribution < -0.4 is 4.90 Å². The number of aromatic nitrogens is 3. The topological polar surface area (TPSA) is 51.1 Å². The number of hydrogen-bond donors (Lipinski definition) is 1.